The van der Waals surface area contributed by atoms with Crippen LogP contribution >= 0.6 is 11.6 Å². The molecular weight excluding hydrogens is 284 g/mol. The highest BCUT2D eigenvalue weighted by molar-refractivity contribution is 7.89. The van der Waals surface area contributed by atoms with Crippen LogP contribution in [0.15, 0.2) is 35.7 Å². The van der Waals surface area contributed by atoms with Crippen molar-refractivity contribution in [3.63, 3.8) is 0 Å². The van der Waals surface area contributed by atoms with Crippen LogP contribution in [0.5, 0.6) is 0 Å². The van der Waals surface area contributed by atoms with E-state index in [-0.39, 0.29) is 22.0 Å². The Morgan fingerprint density at radius 1 is 1.53 bits per heavy atom. The molecule has 0 amide bonds. The molecule has 0 saturated carbocycles. The number of rotatable bonds is 6. The van der Waals surface area contributed by atoms with Crippen molar-refractivity contribution in [2.75, 3.05) is 13.1 Å². The smallest absolute Gasteiger partial charge is 0.207 e. The van der Waals surface area contributed by atoms with Crippen molar-refractivity contribution < 1.29 is 8.42 Å². The van der Waals surface area contributed by atoms with E-state index >= 15 is 0 Å². The Labute approximate surface area is 119 Å². The minimum atomic E-state index is -3.60. The third-order valence-corrected chi connectivity index (χ3v) is 4.68. The number of nitriles is 1. The first kappa shape index (κ1) is 15.7. The Balaban J connectivity index is 3.22. The van der Waals surface area contributed by atoms with Crippen LogP contribution in [0.25, 0.3) is 0 Å². The lowest BCUT2D eigenvalue weighted by atomic mass is 10.2. The Bertz CT molecular complexity index is 606. The SMILES string of the molecule is C=CCN(CCC)S(=O)(=O)c1ccc(C#N)c(Cl)c1. The second-order valence-corrected chi connectivity index (χ2v) is 6.25. The van der Waals surface area contributed by atoms with Crippen molar-refractivity contribution >= 4 is 21.6 Å². The zero-order valence-corrected chi connectivity index (χ0v) is 12.2. The van der Waals surface area contributed by atoms with Crippen LogP contribution in [0.2, 0.25) is 5.02 Å². The van der Waals surface area contributed by atoms with E-state index in [1.54, 1.807) is 6.08 Å². The predicted molar refractivity (Wildman–Crippen MR) is 75.4 cm³/mol. The van der Waals surface area contributed by atoms with Crippen molar-refractivity contribution in [2.24, 2.45) is 0 Å². The van der Waals surface area contributed by atoms with E-state index in [4.69, 9.17) is 16.9 Å². The molecule has 0 aromatic heterocycles. The zero-order chi connectivity index (χ0) is 14.5. The second kappa shape index (κ2) is 6.71. The molecule has 0 aliphatic carbocycles. The van der Waals surface area contributed by atoms with E-state index in [1.807, 2.05) is 13.0 Å². The van der Waals surface area contributed by atoms with Gasteiger partial charge >= 0.3 is 0 Å². The number of hydrogen-bond donors (Lipinski definition) is 0. The first-order valence-corrected chi connectivity index (χ1v) is 7.59. The summed E-state index contributed by atoms with van der Waals surface area (Å²) in [4.78, 5) is 0.0896. The minimum Gasteiger partial charge on any atom is -0.207 e. The van der Waals surface area contributed by atoms with Crippen molar-refractivity contribution in [1.82, 2.24) is 4.31 Å². The summed E-state index contributed by atoms with van der Waals surface area (Å²) in [6.45, 7) is 6.11. The summed E-state index contributed by atoms with van der Waals surface area (Å²) >= 11 is 5.87. The summed E-state index contributed by atoms with van der Waals surface area (Å²) in [7, 11) is -3.60. The summed E-state index contributed by atoms with van der Waals surface area (Å²) in [6.07, 6.45) is 2.25. The second-order valence-electron chi connectivity index (χ2n) is 3.91. The van der Waals surface area contributed by atoms with Crippen LogP contribution in [0.4, 0.5) is 0 Å². The average molecular weight is 299 g/mol. The molecule has 0 aliphatic rings. The fourth-order valence-corrected chi connectivity index (χ4v) is 3.42. The molecule has 0 saturated heterocycles. The van der Waals surface area contributed by atoms with E-state index in [2.05, 4.69) is 6.58 Å². The largest absolute Gasteiger partial charge is 0.243 e. The molecule has 0 heterocycles. The van der Waals surface area contributed by atoms with Gasteiger partial charge in [-0.1, -0.05) is 24.6 Å². The molecule has 19 heavy (non-hydrogen) atoms. The van der Waals surface area contributed by atoms with E-state index in [0.717, 1.165) is 0 Å². The van der Waals surface area contributed by atoms with Gasteiger partial charge in [0, 0.05) is 13.1 Å². The molecule has 0 unspecified atom stereocenters. The average Bonchev–Trinajstić information content (AvgIpc) is 2.38. The Kier molecular flexibility index (Phi) is 5.55. The Hall–Kier alpha value is -1.35. The van der Waals surface area contributed by atoms with Gasteiger partial charge in [0.25, 0.3) is 0 Å². The van der Waals surface area contributed by atoms with Crippen LogP contribution in [0, 0.1) is 11.3 Å². The van der Waals surface area contributed by atoms with Crippen molar-refractivity contribution in [1.29, 1.82) is 5.26 Å². The molecule has 6 heteroatoms. The third-order valence-electron chi connectivity index (χ3n) is 2.50. The molecule has 0 radical (unpaired) electrons. The fourth-order valence-electron chi connectivity index (χ4n) is 1.60. The lowest BCUT2D eigenvalue weighted by Gasteiger charge is -2.20. The Morgan fingerprint density at radius 3 is 2.68 bits per heavy atom. The summed E-state index contributed by atoms with van der Waals surface area (Å²) in [5.41, 5.74) is 0.256. The molecule has 0 aliphatic heterocycles. The van der Waals surface area contributed by atoms with Gasteiger partial charge in [-0.15, -0.1) is 6.58 Å². The summed E-state index contributed by atoms with van der Waals surface area (Å²) in [6, 6.07) is 6.01. The number of benzene rings is 1. The topological polar surface area (TPSA) is 61.2 Å². The highest BCUT2D eigenvalue weighted by Crippen LogP contribution is 2.23. The van der Waals surface area contributed by atoms with E-state index in [9.17, 15) is 8.42 Å². The van der Waals surface area contributed by atoms with Gasteiger partial charge < -0.3 is 0 Å². The number of nitrogens with zero attached hydrogens (tertiary/aromatic N) is 2. The van der Waals surface area contributed by atoms with Gasteiger partial charge in [-0.3, -0.25) is 0 Å². The molecule has 0 N–H and O–H groups in total. The monoisotopic (exact) mass is 298 g/mol. The maximum Gasteiger partial charge on any atom is 0.243 e. The van der Waals surface area contributed by atoms with Crippen LogP contribution in [0.3, 0.4) is 0 Å². The van der Waals surface area contributed by atoms with Crippen LogP contribution in [-0.2, 0) is 10.0 Å². The molecule has 1 aromatic carbocycles. The van der Waals surface area contributed by atoms with Crippen LogP contribution in [0.1, 0.15) is 18.9 Å². The molecule has 0 atom stereocenters. The van der Waals surface area contributed by atoms with E-state index < -0.39 is 10.0 Å². The number of hydrogen-bond acceptors (Lipinski definition) is 3. The highest BCUT2D eigenvalue weighted by Gasteiger charge is 2.23. The standard InChI is InChI=1S/C13H15ClN2O2S/c1-3-7-16(8-4-2)19(17,18)12-6-5-11(10-15)13(14)9-12/h3,5-6,9H,1,4,7-8H2,2H3. The van der Waals surface area contributed by atoms with Gasteiger partial charge in [0.15, 0.2) is 0 Å². The van der Waals surface area contributed by atoms with Crippen molar-refractivity contribution in [2.45, 2.75) is 18.2 Å². The minimum absolute atomic E-state index is 0.0896. The third kappa shape index (κ3) is 3.57. The van der Waals surface area contributed by atoms with E-state index in [1.165, 1.54) is 22.5 Å². The molecular formula is C13H15ClN2O2S. The molecule has 0 bridgehead atoms. The van der Waals surface area contributed by atoms with E-state index in [0.29, 0.717) is 13.0 Å². The van der Waals surface area contributed by atoms with Gasteiger partial charge in [-0.25, -0.2) is 8.42 Å². The first-order valence-electron chi connectivity index (χ1n) is 5.78. The van der Waals surface area contributed by atoms with Crippen molar-refractivity contribution in [3.05, 3.63) is 41.4 Å². The van der Waals surface area contributed by atoms with Gasteiger partial charge in [0.05, 0.1) is 15.5 Å². The van der Waals surface area contributed by atoms with Crippen molar-refractivity contribution in [3.8, 4) is 6.07 Å². The normalized spacial score (nSPS) is 11.3. The molecule has 1 aromatic rings. The number of sulfonamides is 1. The first-order chi connectivity index (χ1) is 8.97. The Morgan fingerprint density at radius 2 is 2.21 bits per heavy atom. The molecule has 0 spiro atoms. The highest BCUT2D eigenvalue weighted by atomic mass is 35.5. The summed E-state index contributed by atoms with van der Waals surface area (Å²) < 4.78 is 26.1. The zero-order valence-electron chi connectivity index (χ0n) is 10.6. The lowest BCUT2D eigenvalue weighted by molar-refractivity contribution is 0.441. The molecule has 102 valence electrons. The maximum absolute atomic E-state index is 12.4. The predicted octanol–water partition coefficient (Wildman–Crippen LogP) is 2.80. The quantitative estimate of drug-likeness (QED) is 0.759. The van der Waals surface area contributed by atoms with Gasteiger partial charge in [-0.05, 0) is 24.6 Å². The van der Waals surface area contributed by atoms with Gasteiger partial charge in [0.2, 0.25) is 10.0 Å². The molecule has 4 nitrogen and oxygen atoms in total. The summed E-state index contributed by atoms with van der Waals surface area (Å²) in [5.74, 6) is 0. The molecule has 1 rings (SSSR count). The maximum atomic E-state index is 12.4. The fraction of sp³-hybridized carbons (Fsp3) is 0.308. The molecule has 0 fully saturated rings. The summed E-state index contributed by atoms with van der Waals surface area (Å²) in [5, 5.41) is 8.92. The lowest BCUT2D eigenvalue weighted by Crippen LogP contribution is -2.32. The number of halogens is 1. The van der Waals surface area contributed by atoms with Gasteiger partial charge in [0.1, 0.15) is 6.07 Å². The van der Waals surface area contributed by atoms with Crippen LogP contribution in [-0.4, -0.2) is 25.8 Å². The van der Waals surface area contributed by atoms with Gasteiger partial charge in [-0.2, -0.15) is 9.57 Å². The van der Waals surface area contributed by atoms with Crippen LogP contribution < -0.4 is 0 Å².